The highest BCUT2D eigenvalue weighted by Crippen LogP contribution is 2.11. The van der Waals surface area contributed by atoms with Gasteiger partial charge in [0.05, 0.1) is 6.61 Å². The number of ether oxygens (including phenoxy) is 1. The molecule has 1 atom stereocenters. The van der Waals surface area contributed by atoms with E-state index in [2.05, 4.69) is 27.5 Å². The fourth-order valence-corrected chi connectivity index (χ4v) is 1.50. The monoisotopic (exact) mass is 238 g/mol. The van der Waals surface area contributed by atoms with Crippen LogP contribution in [0.4, 0.5) is 11.6 Å². The molecule has 0 aromatic carbocycles. The number of hydrogen-bond donors (Lipinski definition) is 2. The van der Waals surface area contributed by atoms with Gasteiger partial charge in [-0.3, -0.25) is 0 Å². The molecule has 0 spiro atoms. The lowest BCUT2D eigenvalue weighted by atomic mass is 10.3. The highest BCUT2D eigenvalue weighted by molar-refractivity contribution is 5.47. The van der Waals surface area contributed by atoms with Crippen molar-refractivity contribution in [2.45, 2.75) is 33.7 Å². The SMILES string of the molecule is CCNc1cc(NC(C)COCC)nc(C)n1. The molecule has 2 N–H and O–H groups in total. The Labute approximate surface area is 103 Å². The molecular weight excluding hydrogens is 216 g/mol. The van der Waals surface area contributed by atoms with Crippen molar-refractivity contribution in [1.82, 2.24) is 9.97 Å². The molecule has 0 aliphatic heterocycles. The highest BCUT2D eigenvalue weighted by atomic mass is 16.5. The maximum atomic E-state index is 5.35. The predicted molar refractivity (Wildman–Crippen MR) is 70.5 cm³/mol. The minimum atomic E-state index is 0.235. The van der Waals surface area contributed by atoms with Crippen LogP contribution in [0.3, 0.4) is 0 Å². The van der Waals surface area contributed by atoms with Gasteiger partial charge in [-0.25, -0.2) is 9.97 Å². The molecule has 0 fully saturated rings. The van der Waals surface area contributed by atoms with Crippen LogP contribution >= 0.6 is 0 Å². The smallest absolute Gasteiger partial charge is 0.132 e. The number of aryl methyl sites for hydroxylation is 1. The van der Waals surface area contributed by atoms with E-state index in [1.54, 1.807) is 0 Å². The molecule has 0 radical (unpaired) electrons. The third-order valence-corrected chi connectivity index (χ3v) is 2.16. The number of nitrogens with one attached hydrogen (secondary N) is 2. The van der Waals surface area contributed by atoms with Gasteiger partial charge in [-0.15, -0.1) is 0 Å². The Bertz CT molecular complexity index is 343. The summed E-state index contributed by atoms with van der Waals surface area (Å²) in [5, 5.41) is 6.48. The summed E-state index contributed by atoms with van der Waals surface area (Å²) in [6, 6.07) is 2.15. The predicted octanol–water partition coefficient (Wildman–Crippen LogP) is 2.05. The van der Waals surface area contributed by atoms with Crippen molar-refractivity contribution in [2.24, 2.45) is 0 Å². The number of nitrogens with zero attached hydrogens (tertiary/aromatic N) is 2. The molecule has 1 heterocycles. The second-order valence-electron chi connectivity index (χ2n) is 3.92. The summed E-state index contributed by atoms with van der Waals surface area (Å²) in [6.45, 7) is 10.3. The van der Waals surface area contributed by atoms with E-state index >= 15 is 0 Å². The van der Waals surface area contributed by atoms with E-state index in [9.17, 15) is 0 Å². The van der Waals surface area contributed by atoms with Crippen LogP contribution in [0.5, 0.6) is 0 Å². The molecule has 0 saturated carbocycles. The van der Waals surface area contributed by atoms with Gasteiger partial charge in [0.25, 0.3) is 0 Å². The van der Waals surface area contributed by atoms with Gasteiger partial charge in [0.1, 0.15) is 17.5 Å². The van der Waals surface area contributed by atoms with Crippen LogP contribution in [0, 0.1) is 6.92 Å². The molecule has 1 unspecified atom stereocenters. The minimum Gasteiger partial charge on any atom is -0.380 e. The molecule has 0 aliphatic rings. The van der Waals surface area contributed by atoms with Gasteiger partial charge in [0.15, 0.2) is 0 Å². The van der Waals surface area contributed by atoms with Crippen molar-refractivity contribution in [3.05, 3.63) is 11.9 Å². The summed E-state index contributed by atoms with van der Waals surface area (Å²) in [4.78, 5) is 8.65. The summed E-state index contributed by atoms with van der Waals surface area (Å²) in [6.07, 6.45) is 0. The molecule has 1 aromatic rings. The Kier molecular flexibility index (Phi) is 5.69. The number of hydrogen-bond acceptors (Lipinski definition) is 5. The summed E-state index contributed by atoms with van der Waals surface area (Å²) in [5.74, 6) is 2.45. The van der Waals surface area contributed by atoms with Crippen molar-refractivity contribution in [3.63, 3.8) is 0 Å². The van der Waals surface area contributed by atoms with Crippen molar-refractivity contribution in [2.75, 3.05) is 30.4 Å². The van der Waals surface area contributed by atoms with E-state index in [0.717, 1.165) is 30.6 Å². The first-order valence-corrected chi connectivity index (χ1v) is 6.09. The normalized spacial score (nSPS) is 12.2. The van der Waals surface area contributed by atoms with E-state index in [-0.39, 0.29) is 6.04 Å². The lowest BCUT2D eigenvalue weighted by Crippen LogP contribution is -2.22. The first kappa shape index (κ1) is 13.7. The Morgan fingerprint density at radius 3 is 2.65 bits per heavy atom. The van der Waals surface area contributed by atoms with Crippen molar-refractivity contribution >= 4 is 11.6 Å². The van der Waals surface area contributed by atoms with Crippen LogP contribution in [0.2, 0.25) is 0 Å². The van der Waals surface area contributed by atoms with E-state index in [1.165, 1.54) is 0 Å². The molecule has 0 saturated heterocycles. The van der Waals surface area contributed by atoms with E-state index in [0.29, 0.717) is 6.61 Å². The maximum absolute atomic E-state index is 5.35. The third-order valence-electron chi connectivity index (χ3n) is 2.16. The molecule has 0 amide bonds. The Balaban J connectivity index is 2.63. The first-order chi connectivity index (χ1) is 8.15. The second-order valence-corrected chi connectivity index (χ2v) is 3.92. The zero-order chi connectivity index (χ0) is 12.7. The van der Waals surface area contributed by atoms with Crippen LogP contribution in [0.25, 0.3) is 0 Å². The van der Waals surface area contributed by atoms with Crippen molar-refractivity contribution in [1.29, 1.82) is 0 Å². The highest BCUT2D eigenvalue weighted by Gasteiger charge is 2.05. The lowest BCUT2D eigenvalue weighted by Gasteiger charge is -2.15. The maximum Gasteiger partial charge on any atom is 0.132 e. The second kappa shape index (κ2) is 7.06. The quantitative estimate of drug-likeness (QED) is 0.761. The Morgan fingerprint density at radius 1 is 1.29 bits per heavy atom. The first-order valence-electron chi connectivity index (χ1n) is 6.09. The van der Waals surface area contributed by atoms with Gasteiger partial charge in [-0.05, 0) is 27.7 Å². The van der Waals surface area contributed by atoms with Crippen LogP contribution in [-0.2, 0) is 4.74 Å². The number of rotatable bonds is 7. The van der Waals surface area contributed by atoms with Gasteiger partial charge in [-0.1, -0.05) is 0 Å². The third kappa shape index (κ3) is 4.99. The van der Waals surface area contributed by atoms with E-state index in [4.69, 9.17) is 4.74 Å². The molecule has 5 heteroatoms. The zero-order valence-corrected chi connectivity index (χ0v) is 11.1. The Hall–Kier alpha value is -1.36. The van der Waals surface area contributed by atoms with Crippen LogP contribution in [-0.4, -0.2) is 35.8 Å². The summed E-state index contributed by atoms with van der Waals surface area (Å²) in [5.41, 5.74) is 0. The van der Waals surface area contributed by atoms with Crippen molar-refractivity contribution < 1.29 is 4.74 Å². The molecule has 96 valence electrons. The lowest BCUT2D eigenvalue weighted by molar-refractivity contribution is 0.141. The average molecular weight is 238 g/mol. The molecule has 1 aromatic heterocycles. The van der Waals surface area contributed by atoms with Gasteiger partial charge >= 0.3 is 0 Å². The molecule has 17 heavy (non-hydrogen) atoms. The molecular formula is C12H22N4O. The van der Waals surface area contributed by atoms with Crippen LogP contribution in [0.1, 0.15) is 26.6 Å². The topological polar surface area (TPSA) is 59.1 Å². The van der Waals surface area contributed by atoms with Crippen molar-refractivity contribution in [3.8, 4) is 0 Å². The molecule has 0 aliphatic carbocycles. The van der Waals surface area contributed by atoms with Gasteiger partial charge in [-0.2, -0.15) is 0 Å². The number of aromatic nitrogens is 2. The van der Waals surface area contributed by atoms with E-state index < -0.39 is 0 Å². The van der Waals surface area contributed by atoms with Crippen LogP contribution in [0.15, 0.2) is 6.07 Å². The van der Waals surface area contributed by atoms with Crippen LogP contribution < -0.4 is 10.6 Å². The fourth-order valence-electron chi connectivity index (χ4n) is 1.50. The molecule has 5 nitrogen and oxygen atoms in total. The standard InChI is InChI=1S/C12H22N4O/c1-5-13-11-7-12(16-10(4)15-11)14-9(3)8-17-6-2/h7,9H,5-6,8H2,1-4H3,(H2,13,14,15,16). The fraction of sp³-hybridized carbons (Fsp3) is 0.667. The van der Waals surface area contributed by atoms with Gasteiger partial charge in [0, 0.05) is 25.3 Å². The Morgan fingerprint density at radius 2 is 2.00 bits per heavy atom. The van der Waals surface area contributed by atoms with Gasteiger partial charge < -0.3 is 15.4 Å². The molecule has 0 bridgehead atoms. The minimum absolute atomic E-state index is 0.235. The summed E-state index contributed by atoms with van der Waals surface area (Å²) in [7, 11) is 0. The summed E-state index contributed by atoms with van der Waals surface area (Å²) >= 11 is 0. The average Bonchev–Trinajstić information content (AvgIpc) is 2.26. The molecule has 1 rings (SSSR count). The zero-order valence-electron chi connectivity index (χ0n) is 11.1. The largest absolute Gasteiger partial charge is 0.380 e. The number of anilines is 2. The van der Waals surface area contributed by atoms with Gasteiger partial charge in [0.2, 0.25) is 0 Å². The van der Waals surface area contributed by atoms with E-state index in [1.807, 2.05) is 26.8 Å². The summed E-state index contributed by atoms with van der Waals surface area (Å²) < 4.78 is 5.35.